The Bertz CT molecular complexity index is 608. The first-order valence-corrected chi connectivity index (χ1v) is 10.7. The lowest BCUT2D eigenvalue weighted by Gasteiger charge is -2.36. The van der Waals surface area contributed by atoms with E-state index in [9.17, 15) is 4.79 Å². The normalized spacial score (nSPS) is 29.3. The van der Waals surface area contributed by atoms with Gasteiger partial charge in [0.2, 0.25) is 5.91 Å². The van der Waals surface area contributed by atoms with Crippen molar-refractivity contribution in [1.82, 2.24) is 10.2 Å². The van der Waals surface area contributed by atoms with Gasteiger partial charge in [-0.25, -0.2) is 0 Å². The van der Waals surface area contributed by atoms with Gasteiger partial charge in [-0.05, 0) is 69.3 Å². The summed E-state index contributed by atoms with van der Waals surface area (Å²) in [5, 5.41) is 3.45. The third-order valence-corrected chi connectivity index (χ3v) is 6.61. The monoisotopic (exact) mass is 355 g/mol. The van der Waals surface area contributed by atoms with Gasteiger partial charge in [0, 0.05) is 36.8 Å². The van der Waals surface area contributed by atoms with Crippen LogP contribution < -0.4 is 10.2 Å². The van der Waals surface area contributed by atoms with E-state index in [0.717, 1.165) is 37.7 Å². The number of carbonyl (C=O) groups excluding carboxylic acids is 1. The molecule has 3 aliphatic rings. The number of fused-ring (bicyclic) bond motifs is 1. The van der Waals surface area contributed by atoms with Crippen LogP contribution in [0.1, 0.15) is 69.9 Å². The van der Waals surface area contributed by atoms with Crippen molar-refractivity contribution in [3.63, 3.8) is 0 Å². The Labute approximate surface area is 157 Å². The van der Waals surface area contributed by atoms with Crippen LogP contribution in [0.5, 0.6) is 0 Å². The van der Waals surface area contributed by atoms with Gasteiger partial charge in [-0.2, -0.15) is 0 Å². The predicted octanol–water partition coefficient (Wildman–Crippen LogP) is 3.87. The number of anilines is 1. The summed E-state index contributed by atoms with van der Waals surface area (Å²) < 4.78 is 0. The Hall–Kier alpha value is -1.39. The number of nitrogens with zero attached hydrogens (tertiary/aromatic N) is 2. The minimum Gasteiger partial charge on any atom is -0.315 e. The lowest BCUT2D eigenvalue weighted by molar-refractivity contribution is -0.118. The fourth-order valence-electron chi connectivity index (χ4n) is 5.26. The summed E-state index contributed by atoms with van der Waals surface area (Å²) in [4.78, 5) is 17.4. The molecule has 0 aliphatic carbocycles. The van der Waals surface area contributed by atoms with E-state index in [0.29, 0.717) is 18.5 Å². The van der Waals surface area contributed by atoms with E-state index in [4.69, 9.17) is 0 Å². The van der Waals surface area contributed by atoms with Crippen molar-refractivity contribution in [3.8, 4) is 0 Å². The number of hydrogen-bond acceptors (Lipinski definition) is 3. The highest BCUT2D eigenvalue weighted by molar-refractivity contribution is 5.93. The molecule has 3 saturated heterocycles. The summed E-state index contributed by atoms with van der Waals surface area (Å²) in [6, 6.07) is 10.6. The Balaban J connectivity index is 1.52. The van der Waals surface area contributed by atoms with Gasteiger partial charge in [0.05, 0.1) is 0 Å². The van der Waals surface area contributed by atoms with Gasteiger partial charge in [-0.1, -0.05) is 25.5 Å². The number of carbonyl (C=O) groups is 1. The number of piperidine rings is 2. The lowest BCUT2D eigenvalue weighted by Crippen LogP contribution is -2.48. The molecule has 3 atom stereocenters. The van der Waals surface area contributed by atoms with Crippen molar-refractivity contribution in [2.45, 2.75) is 76.4 Å². The zero-order chi connectivity index (χ0) is 17.9. The van der Waals surface area contributed by atoms with Gasteiger partial charge in [0.1, 0.15) is 0 Å². The molecule has 3 fully saturated rings. The van der Waals surface area contributed by atoms with E-state index in [-0.39, 0.29) is 5.91 Å². The quantitative estimate of drug-likeness (QED) is 0.890. The first-order chi connectivity index (χ1) is 12.8. The summed E-state index contributed by atoms with van der Waals surface area (Å²) >= 11 is 0. The Kier molecular flexibility index (Phi) is 5.60. The van der Waals surface area contributed by atoms with Crippen LogP contribution in [0.4, 0.5) is 5.69 Å². The second kappa shape index (κ2) is 8.10. The van der Waals surface area contributed by atoms with Crippen molar-refractivity contribution in [2.75, 3.05) is 24.5 Å². The topological polar surface area (TPSA) is 35.6 Å². The molecule has 0 bridgehead atoms. The smallest absolute Gasteiger partial charge is 0.227 e. The molecular formula is C22H33N3O. The third-order valence-electron chi connectivity index (χ3n) is 6.61. The fraction of sp³-hybridized carbons (Fsp3) is 0.682. The zero-order valence-electron chi connectivity index (χ0n) is 16.1. The molecule has 0 radical (unpaired) electrons. The molecule has 1 N–H and O–H groups in total. The van der Waals surface area contributed by atoms with Gasteiger partial charge < -0.3 is 10.2 Å². The van der Waals surface area contributed by atoms with Crippen LogP contribution in [0.25, 0.3) is 0 Å². The molecule has 1 aromatic carbocycles. The highest BCUT2D eigenvalue weighted by atomic mass is 16.2. The molecule has 3 aliphatic heterocycles. The average molecular weight is 356 g/mol. The predicted molar refractivity (Wildman–Crippen MR) is 106 cm³/mol. The lowest BCUT2D eigenvalue weighted by atomic mass is 10.0. The molecule has 0 saturated carbocycles. The van der Waals surface area contributed by atoms with Gasteiger partial charge in [-0.15, -0.1) is 0 Å². The zero-order valence-corrected chi connectivity index (χ0v) is 16.1. The summed E-state index contributed by atoms with van der Waals surface area (Å²) in [6.07, 6.45) is 9.56. The maximum absolute atomic E-state index is 12.6. The molecule has 1 unspecified atom stereocenters. The number of benzene rings is 1. The Morgan fingerprint density at radius 1 is 1.12 bits per heavy atom. The standard InChI is InChI=1S/C22H33N3O/c1-2-22(26)25(20-7-5-14-23-16-20)19-10-8-17(9-11-19)21-13-12-18-6-3-4-15-24(18)21/h8-11,18,20-21,23H,2-7,12-16H2,1H3/t18-,20?,21-/m0/s1. The van der Waals surface area contributed by atoms with Gasteiger partial charge in [0.25, 0.3) is 0 Å². The van der Waals surface area contributed by atoms with E-state index < -0.39 is 0 Å². The van der Waals surface area contributed by atoms with E-state index in [2.05, 4.69) is 34.5 Å². The number of hydrogen-bond donors (Lipinski definition) is 1. The highest BCUT2D eigenvalue weighted by Crippen LogP contribution is 2.40. The molecule has 26 heavy (non-hydrogen) atoms. The van der Waals surface area contributed by atoms with Gasteiger partial charge in [0.15, 0.2) is 0 Å². The molecule has 4 rings (SSSR count). The summed E-state index contributed by atoms with van der Waals surface area (Å²) in [5.74, 6) is 0.239. The van der Waals surface area contributed by atoms with Crippen LogP contribution >= 0.6 is 0 Å². The number of nitrogens with one attached hydrogen (secondary N) is 1. The molecule has 0 aromatic heterocycles. The van der Waals surface area contributed by atoms with Crippen LogP contribution in [0, 0.1) is 0 Å². The van der Waals surface area contributed by atoms with Crippen LogP contribution in [-0.2, 0) is 4.79 Å². The van der Waals surface area contributed by atoms with Crippen molar-refractivity contribution in [3.05, 3.63) is 29.8 Å². The largest absolute Gasteiger partial charge is 0.315 e. The molecule has 4 nitrogen and oxygen atoms in total. The second-order valence-electron chi connectivity index (χ2n) is 8.19. The molecule has 1 amide bonds. The van der Waals surface area contributed by atoms with Crippen LogP contribution in [0.3, 0.4) is 0 Å². The molecule has 142 valence electrons. The van der Waals surface area contributed by atoms with E-state index in [1.165, 1.54) is 44.2 Å². The van der Waals surface area contributed by atoms with Crippen molar-refractivity contribution in [1.29, 1.82) is 0 Å². The van der Waals surface area contributed by atoms with Crippen molar-refractivity contribution in [2.24, 2.45) is 0 Å². The molecular weight excluding hydrogens is 322 g/mol. The Morgan fingerprint density at radius 2 is 1.96 bits per heavy atom. The first-order valence-electron chi connectivity index (χ1n) is 10.7. The minimum absolute atomic E-state index is 0.239. The van der Waals surface area contributed by atoms with Gasteiger partial charge in [-0.3, -0.25) is 9.69 Å². The Morgan fingerprint density at radius 3 is 2.69 bits per heavy atom. The van der Waals surface area contributed by atoms with Crippen LogP contribution in [-0.4, -0.2) is 42.5 Å². The highest BCUT2D eigenvalue weighted by Gasteiger charge is 2.35. The van der Waals surface area contributed by atoms with Crippen molar-refractivity contribution >= 4 is 11.6 Å². The van der Waals surface area contributed by atoms with Gasteiger partial charge >= 0.3 is 0 Å². The maximum atomic E-state index is 12.6. The summed E-state index contributed by atoms with van der Waals surface area (Å²) in [6.45, 7) is 5.20. The second-order valence-corrected chi connectivity index (χ2v) is 8.19. The van der Waals surface area contributed by atoms with E-state index in [1.807, 2.05) is 11.8 Å². The van der Waals surface area contributed by atoms with Crippen molar-refractivity contribution < 1.29 is 4.79 Å². The summed E-state index contributed by atoms with van der Waals surface area (Å²) in [5.41, 5.74) is 2.51. The fourth-order valence-corrected chi connectivity index (χ4v) is 5.26. The van der Waals surface area contributed by atoms with Crippen LogP contribution in [0.15, 0.2) is 24.3 Å². The molecule has 4 heteroatoms. The molecule has 3 heterocycles. The van der Waals surface area contributed by atoms with E-state index in [1.54, 1.807) is 0 Å². The number of amides is 1. The first kappa shape index (κ1) is 18.0. The average Bonchev–Trinajstić information content (AvgIpc) is 3.13. The maximum Gasteiger partial charge on any atom is 0.227 e. The SMILES string of the molecule is CCC(=O)N(c1ccc([C@@H]2CC[C@@H]3CCCCN32)cc1)C1CCCNC1. The minimum atomic E-state index is 0.239. The number of rotatable bonds is 4. The van der Waals surface area contributed by atoms with Crippen LogP contribution in [0.2, 0.25) is 0 Å². The molecule has 0 spiro atoms. The summed E-state index contributed by atoms with van der Waals surface area (Å²) in [7, 11) is 0. The van der Waals surface area contributed by atoms with E-state index >= 15 is 0 Å². The third kappa shape index (κ3) is 3.54. The molecule has 1 aromatic rings.